The Balaban J connectivity index is 1.64. The molecule has 1 heterocycles. The number of amides is 1. The van der Waals surface area contributed by atoms with Crippen LogP contribution in [0.15, 0.2) is 59.5 Å². The normalized spacial score (nSPS) is 12.3. The molecule has 0 radical (unpaired) electrons. The molecule has 0 bridgehead atoms. The molecule has 1 amide bonds. The average molecular weight is 342 g/mol. The second-order valence-corrected chi connectivity index (χ2v) is 7.87. The van der Waals surface area contributed by atoms with Crippen LogP contribution in [-0.2, 0) is 11.3 Å². The van der Waals surface area contributed by atoms with Crippen molar-refractivity contribution in [3.8, 4) is 0 Å². The number of para-hydroxylation sites is 1. The first kappa shape index (κ1) is 16.0. The molecule has 3 nitrogen and oxygen atoms in total. The predicted octanol–water partition coefficient (Wildman–Crippen LogP) is 4.44. The lowest BCUT2D eigenvalue weighted by Gasteiger charge is -2.20. The molecule has 118 valence electrons. The Morgan fingerprint density at radius 2 is 1.87 bits per heavy atom. The Morgan fingerprint density at radius 1 is 1.17 bits per heavy atom. The summed E-state index contributed by atoms with van der Waals surface area (Å²) < 4.78 is 1.16. The van der Waals surface area contributed by atoms with Crippen molar-refractivity contribution in [2.24, 2.45) is 0 Å². The van der Waals surface area contributed by atoms with Crippen molar-refractivity contribution in [3.05, 3.63) is 59.6 Å². The van der Waals surface area contributed by atoms with Crippen molar-refractivity contribution in [3.63, 3.8) is 0 Å². The first-order valence-corrected chi connectivity index (χ1v) is 9.14. The summed E-state index contributed by atoms with van der Waals surface area (Å²) >= 11 is 3.23. The number of thioether (sulfide) groups is 1. The lowest BCUT2D eigenvalue weighted by atomic mass is 10.3. The van der Waals surface area contributed by atoms with Gasteiger partial charge in [0.15, 0.2) is 0 Å². The molecule has 2 aromatic carbocycles. The lowest BCUT2D eigenvalue weighted by Crippen LogP contribution is -2.32. The van der Waals surface area contributed by atoms with Crippen LogP contribution in [0.5, 0.6) is 0 Å². The summed E-state index contributed by atoms with van der Waals surface area (Å²) in [5.74, 6) is 0.123. The Morgan fingerprint density at radius 3 is 2.61 bits per heavy atom. The Hall–Kier alpha value is -1.85. The van der Waals surface area contributed by atoms with Crippen molar-refractivity contribution < 1.29 is 4.79 Å². The van der Waals surface area contributed by atoms with Gasteiger partial charge in [0, 0.05) is 11.9 Å². The highest BCUT2D eigenvalue weighted by Crippen LogP contribution is 2.26. The standard InChI is InChI=1S/C18H18N2OS2/c1-13(22-14-8-4-3-5-9-14)18(21)20(2)12-17-19-15-10-6-7-11-16(15)23-17/h3-11,13H,12H2,1-2H3. The van der Waals surface area contributed by atoms with E-state index in [0.29, 0.717) is 6.54 Å². The van der Waals surface area contributed by atoms with Gasteiger partial charge in [0.05, 0.1) is 22.0 Å². The summed E-state index contributed by atoms with van der Waals surface area (Å²) in [6.45, 7) is 2.51. The first-order chi connectivity index (χ1) is 11.1. The highest BCUT2D eigenvalue weighted by atomic mass is 32.2. The third kappa shape index (κ3) is 3.92. The zero-order chi connectivity index (χ0) is 16.2. The number of hydrogen-bond acceptors (Lipinski definition) is 4. The molecule has 1 atom stereocenters. The van der Waals surface area contributed by atoms with Crippen LogP contribution in [0.4, 0.5) is 0 Å². The SMILES string of the molecule is CC(Sc1ccccc1)C(=O)N(C)Cc1nc2ccccc2s1. The van der Waals surface area contributed by atoms with Crippen molar-refractivity contribution in [1.82, 2.24) is 9.88 Å². The Bertz CT molecular complexity index is 768. The summed E-state index contributed by atoms with van der Waals surface area (Å²) in [6.07, 6.45) is 0. The molecule has 0 aliphatic carbocycles. The van der Waals surface area contributed by atoms with E-state index < -0.39 is 0 Å². The molecule has 1 aromatic heterocycles. The van der Waals surface area contributed by atoms with Gasteiger partial charge >= 0.3 is 0 Å². The van der Waals surface area contributed by atoms with E-state index in [1.165, 1.54) is 0 Å². The maximum atomic E-state index is 12.5. The van der Waals surface area contributed by atoms with Gasteiger partial charge in [0.1, 0.15) is 5.01 Å². The van der Waals surface area contributed by atoms with Crippen molar-refractivity contribution in [2.75, 3.05) is 7.05 Å². The van der Waals surface area contributed by atoms with Gasteiger partial charge in [-0.25, -0.2) is 4.98 Å². The lowest BCUT2D eigenvalue weighted by molar-refractivity contribution is -0.129. The number of benzene rings is 2. The molecule has 0 aliphatic heterocycles. The number of nitrogens with zero attached hydrogens (tertiary/aromatic N) is 2. The highest BCUT2D eigenvalue weighted by Gasteiger charge is 2.19. The van der Waals surface area contributed by atoms with Gasteiger partial charge in [-0.1, -0.05) is 30.3 Å². The number of fused-ring (bicyclic) bond motifs is 1. The summed E-state index contributed by atoms with van der Waals surface area (Å²) in [4.78, 5) is 20.0. The zero-order valence-corrected chi connectivity index (χ0v) is 14.7. The topological polar surface area (TPSA) is 33.2 Å². The quantitative estimate of drug-likeness (QED) is 0.643. The van der Waals surface area contributed by atoms with E-state index in [1.54, 1.807) is 28.0 Å². The number of carbonyl (C=O) groups excluding carboxylic acids is 1. The van der Waals surface area contributed by atoms with Crippen LogP contribution in [0.25, 0.3) is 10.2 Å². The minimum absolute atomic E-state index is 0.114. The van der Waals surface area contributed by atoms with E-state index in [4.69, 9.17) is 0 Å². The van der Waals surface area contributed by atoms with Crippen molar-refractivity contribution in [1.29, 1.82) is 0 Å². The van der Waals surface area contributed by atoms with Crippen LogP contribution >= 0.6 is 23.1 Å². The van der Waals surface area contributed by atoms with E-state index in [-0.39, 0.29) is 11.2 Å². The van der Waals surface area contributed by atoms with Crippen LogP contribution in [-0.4, -0.2) is 28.1 Å². The van der Waals surface area contributed by atoms with Gasteiger partial charge in [-0.3, -0.25) is 4.79 Å². The predicted molar refractivity (Wildman–Crippen MR) is 97.9 cm³/mol. The Labute approximate surface area is 144 Å². The third-order valence-electron chi connectivity index (χ3n) is 3.49. The fraction of sp³-hybridized carbons (Fsp3) is 0.222. The van der Waals surface area contributed by atoms with Gasteiger partial charge in [-0.15, -0.1) is 23.1 Å². The summed E-state index contributed by atoms with van der Waals surface area (Å²) in [7, 11) is 1.84. The van der Waals surface area contributed by atoms with E-state index >= 15 is 0 Å². The number of carbonyl (C=O) groups is 1. The molecule has 0 N–H and O–H groups in total. The number of rotatable bonds is 5. The van der Waals surface area contributed by atoms with Gasteiger partial charge in [-0.05, 0) is 31.2 Å². The van der Waals surface area contributed by atoms with Crippen LogP contribution in [0.3, 0.4) is 0 Å². The van der Waals surface area contributed by atoms with Gasteiger partial charge < -0.3 is 4.90 Å². The molecular formula is C18H18N2OS2. The molecule has 0 fully saturated rings. The number of thiazole rings is 1. The second kappa shape index (κ2) is 7.15. The molecule has 0 saturated heterocycles. The third-order valence-corrected chi connectivity index (χ3v) is 5.61. The van der Waals surface area contributed by atoms with Gasteiger partial charge in [0.2, 0.25) is 5.91 Å². The van der Waals surface area contributed by atoms with Gasteiger partial charge in [0.25, 0.3) is 0 Å². The number of hydrogen-bond donors (Lipinski definition) is 0. The molecule has 1 unspecified atom stereocenters. The van der Waals surface area contributed by atoms with Crippen molar-refractivity contribution >= 4 is 39.2 Å². The fourth-order valence-corrected chi connectivity index (χ4v) is 4.36. The summed E-state index contributed by atoms with van der Waals surface area (Å²) in [5.41, 5.74) is 1.00. The largest absolute Gasteiger partial charge is 0.338 e. The van der Waals surface area contributed by atoms with Crippen LogP contribution in [0, 0.1) is 0 Å². The first-order valence-electron chi connectivity index (χ1n) is 7.44. The average Bonchev–Trinajstić information content (AvgIpc) is 2.97. The van der Waals surface area contributed by atoms with Crippen molar-refractivity contribution in [2.45, 2.75) is 23.6 Å². The van der Waals surface area contributed by atoms with Crippen LogP contribution < -0.4 is 0 Å². The summed E-state index contributed by atoms with van der Waals surface area (Å²) in [6, 6.07) is 18.1. The van der Waals surface area contributed by atoms with Gasteiger partial charge in [-0.2, -0.15) is 0 Å². The molecule has 23 heavy (non-hydrogen) atoms. The molecular weight excluding hydrogens is 324 g/mol. The molecule has 0 saturated carbocycles. The smallest absolute Gasteiger partial charge is 0.235 e. The van der Waals surface area contributed by atoms with Crippen LogP contribution in [0.2, 0.25) is 0 Å². The summed E-state index contributed by atoms with van der Waals surface area (Å²) in [5, 5.41) is 0.857. The fourth-order valence-electron chi connectivity index (χ4n) is 2.33. The zero-order valence-electron chi connectivity index (χ0n) is 13.1. The second-order valence-electron chi connectivity index (χ2n) is 5.34. The minimum Gasteiger partial charge on any atom is -0.338 e. The Kier molecular flexibility index (Phi) is 4.98. The van der Waals surface area contributed by atoms with E-state index in [2.05, 4.69) is 11.1 Å². The molecule has 3 aromatic rings. The van der Waals surface area contributed by atoms with E-state index in [1.807, 2.05) is 62.5 Å². The molecule has 0 aliphatic rings. The number of aromatic nitrogens is 1. The maximum Gasteiger partial charge on any atom is 0.235 e. The van der Waals surface area contributed by atoms with E-state index in [9.17, 15) is 4.79 Å². The van der Waals surface area contributed by atoms with E-state index in [0.717, 1.165) is 20.1 Å². The molecule has 0 spiro atoms. The molecule has 5 heteroatoms. The monoisotopic (exact) mass is 342 g/mol. The highest BCUT2D eigenvalue weighted by molar-refractivity contribution is 8.00. The minimum atomic E-state index is -0.114. The molecule has 3 rings (SSSR count). The van der Waals surface area contributed by atoms with Crippen LogP contribution in [0.1, 0.15) is 11.9 Å². The maximum absolute atomic E-state index is 12.5.